The number of hydrogen-bond donors (Lipinski definition) is 1. The van der Waals surface area contributed by atoms with Gasteiger partial charge in [0.05, 0.1) is 22.0 Å². The minimum atomic E-state index is -0.136. The van der Waals surface area contributed by atoms with E-state index in [2.05, 4.69) is 4.98 Å². The van der Waals surface area contributed by atoms with Crippen molar-refractivity contribution in [2.24, 2.45) is 0 Å². The standard InChI is InChI=1S/C13H8Cl2N2O/c1-7(18)12-4-8(6-16)13(17-12)10-3-2-9(14)5-11(10)15/h2-5,17H,1H3. The molecule has 1 N–H and O–H groups in total. The van der Waals surface area contributed by atoms with Crippen LogP contribution in [0.15, 0.2) is 24.3 Å². The molecule has 0 saturated heterocycles. The Bertz CT molecular complexity index is 668. The van der Waals surface area contributed by atoms with Crippen molar-refractivity contribution < 1.29 is 4.79 Å². The van der Waals surface area contributed by atoms with Crippen LogP contribution in [0.5, 0.6) is 0 Å². The minimum Gasteiger partial charge on any atom is -0.351 e. The van der Waals surface area contributed by atoms with Crippen molar-refractivity contribution in [3.63, 3.8) is 0 Å². The maximum Gasteiger partial charge on any atom is 0.175 e. The fourth-order valence-electron chi connectivity index (χ4n) is 1.64. The lowest BCUT2D eigenvalue weighted by atomic mass is 10.1. The number of aromatic amines is 1. The number of H-pyrrole nitrogens is 1. The van der Waals surface area contributed by atoms with E-state index in [1.54, 1.807) is 18.2 Å². The summed E-state index contributed by atoms with van der Waals surface area (Å²) in [4.78, 5) is 14.2. The molecular weight excluding hydrogens is 271 g/mol. The molecule has 5 heteroatoms. The quantitative estimate of drug-likeness (QED) is 0.842. The average molecular weight is 279 g/mol. The van der Waals surface area contributed by atoms with Gasteiger partial charge < -0.3 is 4.98 Å². The number of carbonyl (C=O) groups excluding carboxylic acids is 1. The molecule has 1 aromatic heterocycles. The summed E-state index contributed by atoms with van der Waals surface area (Å²) in [6, 6.07) is 8.53. The second-order valence-electron chi connectivity index (χ2n) is 3.76. The van der Waals surface area contributed by atoms with Crippen LogP contribution >= 0.6 is 23.2 Å². The van der Waals surface area contributed by atoms with Gasteiger partial charge in [-0.15, -0.1) is 0 Å². The summed E-state index contributed by atoms with van der Waals surface area (Å²) in [5, 5.41) is 10.0. The van der Waals surface area contributed by atoms with Gasteiger partial charge in [-0.05, 0) is 24.3 Å². The fourth-order valence-corrected chi connectivity index (χ4v) is 2.14. The number of carbonyl (C=O) groups is 1. The maximum absolute atomic E-state index is 11.3. The Kier molecular flexibility index (Phi) is 3.42. The van der Waals surface area contributed by atoms with Gasteiger partial charge in [-0.1, -0.05) is 23.2 Å². The van der Waals surface area contributed by atoms with Crippen molar-refractivity contribution in [1.29, 1.82) is 5.26 Å². The molecule has 0 unspecified atom stereocenters. The number of rotatable bonds is 2. The molecule has 3 nitrogen and oxygen atoms in total. The van der Waals surface area contributed by atoms with E-state index >= 15 is 0 Å². The Morgan fingerprint density at radius 2 is 2.06 bits per heavy atom. The summed E-state index contributed by atoms with van der Waals surface area (Å²) in [6.07, 6.45) is 0. The van der Waals surface area contributed by atoms with Crippen LogP contribution in [-0.4, -0.2) is 10.8 Å². The van der Waals surface area contributed by atoms with E-state index < -0.39 is 0 Å². The Hall–Kier alpha value is -1.76. The van der Waals surface area contributed by atoms with Crippen molar-refractivity contribution in [3.8, 4) is 17.3 Å². The van der Waals surface area contributed by atoms with Crippen molar-refractivity contribution in [2.75, 3.05) is 0 Å². The molecule has 90 valence electrons. The van der Waals surface area contributed by atoms with E-state index in [1.165, 1.54) is 13.0 Å². The molecule has 0 saturated carbocycles. The van der Waals surface area contributed by atoms with Crippen LogP contribution in [0.3, 0.4) is 0 Å². The second-order valence-corrected chi connectivity index (χ2v) is 4.61. The minimum absolute atomic E-state index is 0.136. The summed E-state index contributed by atoms with van der Waals surface area (Å²) in [5.41, 5.74) is 1.94. The molecule has 1 heterocycles. The van der Waals surface area contributed by atoms with Gasteiger partial charge in [0.2, 0.25) is 0 Å². The Morgan fingerprint density at radius 1 is 1.33 bits per heavy atom. The number of ketones is 1. The Balaban J connectivity index is 2.63. The van der Waals surface area contributed by atoms with E-state index in [1.807, 2.05) is 6.07 Å². The van der Waals surface area contributed by atoms with Crippen LogP contribution in [0, 0.1) is 11.3 Å². The van der Waals surface area contributed by atoms with Crippen molar-refractivity contribution in [1.82, 2.24) is 4.98 Å². The normalized spacial score (nSPS) is 10.1. The first kappa shape index (κ1) is 12.7. The molecule has 2 rings (SSSR count). The predicted octanol–water partition coefficient (Wildman–Crippen LogP) is 4.06. The molecule has 0 amide bonds. The fraction of sp³-hybridized carbons (Fsp3) is 0.0769. The number of halogens is 2. The van der Waals surface area contributed by atoms with E-state index in [-0.39, 0.29) is 5.78 Å². The number of nitrogens with one attached hydrogen (secondary N) is 1. The smallest absolute Gasteiger partial charge is 0.175 e. The monoisotopic (exact) mass is 278 g/mol. The summed E-state index contributed by atoms with van der Waals surface area (Å²) in [7, 11) is 0. The third-order valence-electron chi connectivity index (χ3n) is 2.52. The van der Waals surface area contributed by atoms with Gasteiger partial charge in [-0.2, -0.15) is 5.26 Å². The van der Waals surface area contributed by atoms with Gasteiger partial charge >= 0.3 is 0 Å². The van der Waals surface area contributed by atoms with Gasteiger partial charge in [0.1, 0.15) is 6.07 Å². The van der Waals surface area contributed by atoms with E-state index in [0.29, 0.717) is 32.6 Å². The lowest BCUT2D eigenvalue weighted by Crippen LogP contribution is -1.91. The van der Waals surface area contributed by atoms with Crippen LogP contribution in [0.25, 0.3) is 11.3 Å². The maximum atomic E-state index is 11.3. The second kappa shape index (κ2) is 4.85. The topological polar surface area (TPSA) is 56.6 Å². The van der Waals surface area contributed by atoms with Crippen LogP contribution in [-0.2, 0) is 0 Å². The zero-order chi connectivity index (χ0) is 13.3. The first-order valence-corrected chi connectivity index (χ1v) is 5.88. The summed E-state index contributed by atoms with van der Waals surface area (Å²) in [5.74, 6) is -0.136. The number of nitrogens with zero attached hydrogens (tertiary/aromatic N) is 1. The first-order valence-electron chi connectivity index (χ1n) is 5.12. The van der Waals surface area contributed by atoms with Crippen LogP contribution in [0.4, 0.5) is 0 Å². The summed E-state index contributed by atoms with van der Waals surface area (Å²) in [6.45, 7) is 1.43. The molecule has 0 radical (unpaired) electrons. The summed E-state index contributed by atoms with van der Waals surface area (Å²) < 4.78 is 0. The highest BCUT2D eigenvalue weighted by atomic mass is 35.5. The first-order chi connectivity index (χ1) is 8.52. The van der Waals surface area contributed by atoms with Crippen LogP contribution in [0.2, 0.25) is 10.0 Å². The number of aromatic nitrogens is 1. The van der Waals surface area contributed by atoms with Crippen LogP contribution < -0.4 is 0 Å². The van der Waals surface area contributed by atoms with E-state index in [9.17, 15) is 4.79 Å². The number of benzene rings is 1. The highest BCUT2D eigenvalue weighted by Crippen LogP contribution is 2.32. The molecule has 0 spiro atoms. The highest BCUT2D eigenvalue weighted by molar-refractivity contribution is 6.36. The Morgan fingerprint density at radius 3 is 2.61 bits per heavy atom. The van der Waals surface area contributed by atoms with Gasteiger partial charge in [-0.25, -0.2) is 0 Å². The summed E-state index contributed by atoms with van der Waals surface area (Å²) >= 11 is 11.9. The lowest BCUT2D eigenvalue weighted by Gasteiger charge is -2.03. The van der Waals surface area contributed by atoms with Crippen LogP contribution in [0.1, 0.15) is 23.0 Å². The van der Waals surface area contributed by atoms with Crippen molar-refractivity contribution >= 4 is 29.0 Å². The van der Waals surface area contributed by atoms with Gasteiger partial charge in [0.25, 0.3) is 0 Å². The average Bonchev–Trinajstić information content (AvgIpc) is 2.73. The molecule has 2 aromatic rings. The Labute approximate surface area is 114 Å². The van der Waals surface area contributed by atoms with E-state index in [0.717, 1.165) is 0 Å². The third kappa shape index (κ3) is 2.26. The largest absolute Gasteiger partial charge is 0.351 e. The molecule has 18 heavy (non-hydrogen) atoms. The molecule has 0 aliphatic heterocycles. The predicted molar refractivity (Wildman–Crippen MR) is 71.0 cm³/mol. The molecule has 0 aliphatic carbocycles. The van der Waals surface area contributed by atoms with Crippen molar-refractivity contribution in [3.05, 3.63) is 45.6 Å². The highest BCUT2D eigenvalue weighted by Gasteiger charge is 2.14. The molecule has 0 aliphatic rings. The zero-order valence-electron chi connectivity index (χ0n) is 9.42. The molecular formula is C13H8Cl2N2O. The van der Waals surface area contributed by atoms with Gasteiger partial charge in [0.15, 0.2) is 5.78 Å². The zero-order valence-corrected chi connectivity index (χ0v) is 10.9. The van der Waals surface area contributed by atoms with Gasteiger partial charge in [0, 0.05) is 17.5 Å². The number of Topliss-reactive ketones (excluding diaryl/α,β-unsaturated/α-hetero) is 1. The van der Waals surface area contributed by atoms with Crippen molar-refractivity contribution in [2.45, 2.75) is 6.92 Å². The molecule has 0 fully saturated rings. The number of nitriles is 1. The third-order valence-corrected chi connectivity index (χ3v) is 3.07. The van der Waals surface area contributed by atoms with Gasteiger partial charge in [-0.3, -0.25) is 4.79 Å². The molecule has 0 atom stereocenters. The number of hydrogen-bond acceptors (Lipinski definition) is 2. The SMILES string of the molecule is CC(=O)c1cc(C#N)c(-c2ccc(Cl)cc2Cl)[nH]1. The molecule has 1 aromatic carbocycles. The molecule has 0 bridgehead atoms. The lowest BCUT2D eigenvalue weighted by molar-refractivity contribution is 0.101. The van der Waals surface area contributed by atoms with E-state index in [4.69, 9.17) is 28.5 Å².